The molecule has 0 saturated heterocycles. The summed E-state index contributed by atoms with van der Waals surface area (Å²) in [6, 6.07) is 11.3. The predicted molar refractivity (Wildman–Crippen MR) is 115 cm³/mol. The largest absolute Gasteiger partial charge is 0.465 e. The Morgan fingerprint density at radius 3 is 2.50 bits per heavy atom. The van der Waals surface area contributed by atoms with Crippen molar-refractivity contribution >= 4 is 54.9 Å². The first-order chi connectivity index (χ1) is 14.2. The molecule has 7 nitrogen and oxygen atoms in total. The summed E-state index contributed by atoms with van der Waals surface area (Å²) in [5.41, 5.74) is 1.36. The van der Waals surface area contributed by atoms with E-state index in [9.17, 15) is 18.0 Å². The minimum atomic E-state index is -3.30. The van der Waals surface area contributed by atoms with Crippen molar-refractivity contribution in [3.05, 3.63) is 57.9 Å². The van der Waals surface area contributed by atoms with Crippen LogP contribution >= 0.6 is 22.9 Å². The van der Waals surface area contributed by atoms with E-state index in [-0.39, 0.29) is 24.5 Å². The van der Waals surface area contributed by atoms with Gasteiger partial charge in [-0.2, -0.15) is 4.99 Å². The van der Waals surface area contributed by atoms with E-state index in [0.29, 0.717) is 15.4 Å². The first kappa shape index (κ1) is 22.2. The number of thiazole rings is 1. The molecule has 1 heterocycles. The summed E-state index contributed by atoms with van der Waals surface area (Å²) >= 11 is 7.31. The molecule has 0 aliphatic heterocycles. The molecule has 0 aliphatic rings. The van der Waals surface area contributed by atoms with Crippen molar-refractivity contribution in [1.82, 2.24) is 4.57 Å². The highest BCUT2D eigenvalue weighted by Gasteiger charge is 2.13. The summed E-state index contributed by atoms with van der Waals surface area (Å²) < 4.78 is 30.5. The maximum Gasteiger partial charge on any atom is 0.326 e. The third-order valence-corrected chi connectivity index (χ3v) is 6.57. The smallest absolute Gasteiger partial charge is 0.326 e. The lowest BCUT2D eigenvalue weighted by Gasteiger charge is -2.05. The number of rotatable bonds is 6. The van der Waals surface area contributed by atoms with Gasteiger partial charge in [0.25, 0.3) is 5.91 Å². The van der Waals surface area contributed by atoms with E-state index in [0.717, 1.165) is 16.5 Å². The Balaban J connectivity index is 1.93. The number of benzene rings is 2. The number of ether oxygens (including phenoxy) is 1. The fourth-order valence-corrected chi connectivity index (χ4v) is 4.75. The highest BCUT2D eigenvalue weighted by molar-refractivity contribution is 7.90. The molecule has 30 heavy (non-hydrogen) atoms. The van der Waals surface area contributed by atoms with Crippen LogP contribution in [0.25, 0.3) is 10.2 Å². The van der Waals surface area contributed by atoms with Gasteiger partial charge in [0.1, 0.15) is 6.54 Å². The second-order valence-electron chi connectivity index (χ2n) is 6.49. The average molecular weight is 467 g/mol. The van der Waals surface area contributed by atoms with Crippen molar-refractivity contribution in [2.75, 3.05) is 12.9 Å². The molecule has 158 valence electrons. The van der Waals surface area contributed by atoms with Gasteiger partial charge in [-0.05, 0) is 42.8 Å². The van der Waals surface area contributed by atoms with Crippen molar-refractivity contribution in [3.8, 4) is 0 Å². The first-order valence-electron chi connectivity index (χ1n) is 8.98. The Morgan fingerprint density at radius 2 is 1.87 bits per heavy atom. The molecule has 0 saturated carbocycles. The van der Waals surface area contributed by atoms with Gasteiger partial charge in [-0.25, -0.2) is 8.42 Å². The Hall–Kier alpha value is -2.49. The van der Waals surface area contributed by atoms with Gasteiger partial charge in [0.15, 0.2) is 14.6 Å². The van der Waals surface area contributed by atoms with Crippen molar-refractivity contribution in [3.63, 3.8) is 0 Å². The van der Waals surface area contributed by atoms with Crippen LogP contribution in [0.5, 0.6) is 0 Å². The molecule has 3 aromatic rings. The lowest BCUT2D eigenvalue weighted by Crippen LogP contribution is -2.23. The second kappa shape index (κ2) is 9.11. The Labute approximate surface area is 182 Å². The molecule has 0 bridgehead atoms. The van der Waals surface area contributed by atoms with Crippen molar-refractivity contribution < 1.29 is 22.7 Å². The quantitative estimate of drug-likeness (QED) is 0.520. The van der Waals surface area contributed by atoms with Gasteiger partial charge in [0.05, 0.1) is 28.1 Å². The zero-order valence-corrected chi connectivity index (χ0v) is 18.7. The van der Waals surface area contributed by atoms with Crippen LogP contribution in [0.2, 0.25) is 5.02 Å². The Bertz CT molecular complexity index is 1270. The lowest BCUT2D eigenvalue weighted by atomic mass is 10.1. The highest BCUT2D eigenvalue weighted by atomic mass is 35.5. The number of carbonyl (C=O) groups excluding carboxylic acids is 2. The van der Waals surface area contributed by atoms with Crippen molar-refractivity contribution in [2.45, 2.75) is 24.8 Å². The van der Waals surface area contributed by atoms with E-state index in [4.69, 9.17) is 16.3 Å². The number of amides is 1. The van der Waals surface area contributed by atoms with Gasteiger partial charge >= 0.3 is 5.97 Å². The van der Waals surface area contributed by atoms with E-state index >= 15 is 0 Å². The average Bonchev–Trinajstić information content (AvgIpc) is 2.97. The van der Waals surface area contributed by atoms with Crippen LogP contribution in [0.3, 0.4) is 0 Å². The minimum Gasteiger partial charge on any atom is -0.465 e. The third kappa shape index (κ3) is 5.35. The maximum absolute atomic E-state index is 12.5. The topological polar surface area (TPSA) is 94.8 Å². The summed E-state index contributed by atoms with van der Waals surface area (Å²) in [5.74, 6) is -0.852. The number of esters is 1. The molecule has 3 rings (SSSR count). The van der Waals surface area contributed by atoms with Gasteiger partial charge in [-0.15, -0.1) is 0 Å². The standard InChI is InChI=1S/C20H19ClN2O5S2/c1-3-28-19(25)12-23-16-9-6-14(21)11-17(16)29-20(23)22-18(24)10-13-4-7-15(8-5-13)30(2,26)27/h4-9,11H,3,10,12H2,1-2H3. The molecule has 0 radical (unpaired) electrons. The molecule has 0 fully saturated rings. The Morgan fingerprint density at radius 1 is 1.17 bits per heavy atom. The zero-order valence-electron chi connectivity index (χ0n) is 16.3. The van der Waals surface area contributed by atoms with Crippen molar-refractivity contribution in [2.24, 2.45) is 4.99 Å². The minimum absolute atomic E-state index is 0.00154. The second-order valence-corrected chi connectivity index (χ2v) is 9.95. The number of hydrogen-bond acceptors (Lipinski definition) is 6. The van der Waals surface area contributed by atoms with Gasteiger partial charge in [0, 0.05) is 11.3 Å². The molecule has 2 aromatic carbocycles. The number of fused-ring (bicyclic) bond motifs is 1. The van der Waals surface area contributed by atoms with Crippen LogP contribution in [0.4, 0.5) is 0 Å². The van der Waals surface area contributed by atoms with Crippen molar-refractivity contribution in [1.29, 1.82) is 0 Å². The van der Waals surface area contributed by atoms with E-state index in [1.54, 1.807) is 41.8 Å². The highest BCUT2D eigenvalue weighted by Crippen LogP contribution is 2.22. The summed E-state index contributed by atoms with van der Waals surface area (Å²) in [6.45, 7) is 1.89. The number of halogens is 1. The number of carbonyl (C=O) groups is 2. The molecule has 0 unspecified atom stereocenters. The van der Waals surface area contributed by atoms with Crippen LogP contribution in [-0.4, -0.2) is 37.7 Å². The zero-order chi connectivity index (χ0) is 21.9. The van der Waals surface area contributed by atoms with Crippen LogP contribution in [0.15, 0.2) is 52.4 Å². The maximum atomic E-state index is 12.5. The van der Waals surface area contributed by atoms with E-state index in [2.05, 4.69) is 4.99 Å². The van der Waals surface area contributed by atoms with Crippen LogP contribution in [0, 0.1) is 0 Å². The predicted octanol–water partition coefficient (Wildman–Crippen LogP) is 2.99. The molecule has 10 heteroatoms. The van der Waals surface area contributed by atoms with E-state index in [1.807, 2.05) is 0 Å². The van der Waals surface area contributed by atoms with Crippen LogP contribution in [0.1, 0.15) is 12.5 Å². The first-order valence-corrected chi connectivity index (χ1v) is 12.1. The number of sulfone groups is 1. The van der Waals surface area contributed by atoms with Crippen LogP contribution in [-0.2, 0) is 37.1 Å². The normalized spacial score (nSPS) is 12.3. The number of nitrogens with zero attached hydrogens (tertiary/aromatic N) is 2. The lowest BCUT2D eigenvalue weighted by molar-refractivity contribution is -0.143. The fourth-order valence-electron chi connectivity index (χ4n) is 2.80. The van der Waals surface area contributed by atoms with Gasteiger partial charge in [0.2, 0.25) is 0 Å². The SMILES string of the molecule is CCOC(=O)Cn1c(=NC(=O)Cc2ccc(S(C)(=O)=O)cc2)sc2cc(Cl)ccc21. The third-order valence-electron chi connectivity index (χ3n) is 4.16. The summed E-state index contributed by atoms with van der Waals surface area (Å²) in [4.78, 5) is 29.3. The summed E-state index contributed by atoms with van der Waals surface area (Å²) in [7, 11) is -3.30. The van der Waals surface area contributed by atoms with E-state index in [1.165, 1.54) is 23.5 Å². The molecule has 0 aliphatic carbocycles. The van der Waals surface area contributed by atoms with Gasteiger partial charge in [-0.3, -0.25) is 9.59 Å². The number of aromatic nitrogens is 1. The molecule has 1 aromatic heterocycles. The molecular formula is C20H19ClN2O5S2. The monoisotopic (exact) mass is 466 g/mol. The summed E-state index contributed by atoms with van der Waals surface area (Å²) in [6.07, 6.45) is 1.12. The number of hydrogen-bond donors (Lipinski definition) is 0. The molecule has 0 spiro atoms. The van der Waals surface area contributed by atoms with E-state index < -0.39 is 21.7 Å². The molecule has 1 amide bonds. The molecule has 0 N–H and O–H groups in total. The van der Waals surface area contributed by atoms with Gasteiger partial charge in [-0.1, -0.05) is 35.1 Å². The Kier molecular flexibility index (Phi) is 6.74. The van der Waals surface area contributed by atoms with Crippen LogP contribution < -0.4 is 4.80 Å². The van der Waals surface area contributed by atoms with Gasteiger partial charge < -0.3 is 9.30 Å². The fraction of sp³-hybridized carbons (Fsp3) is 0.250. The summed E-state index contributed by atoms with van der Waals surface area (Å²) in [5, 5.41) is 0.538. The molecule has 0 atom stereocenters. The molecular weight excluding hydrogens is 448 g/mol.